The molecule has 100 valence electrons. The Labute approximate surface area is 121 Å². The number of carbonyl (C=O) groups is 1. The lowest BCUT2D eigenvalue weighted by Crippen LogP contribution is -2.14. The lowest BCUT2D eigenvalue weighted by molar-refractivity contribution is 0.102. The zero-order valence-corrected chi connectivity index (χ0v) is 12.3. The largest absolute Gasteiger partial charge is 0.320 e. The van der Waals surface area contributed by atoms with E-state index >= 15 is 0 Å². The maximum Gasteiger partial charge on any atom is 0.259 e. The number of hydrogen-bond acceptors (Lipinski definition) is 2. The Bertz CT molecular complexity index is 650. The molecule has 19 heavy (non-hydrogen) atoms. The number of halogens is 2. The van der Waals surface area contributed by atoms with Crippen molar-refractivity contribution in [1.82, 2.24) is 9.78 Å². The first-order valence-corrected chi connectivity index (χ1v) is 6.43. The monoisotopic (exact) mass is 297 g/mol. The molecule has 2 rings (SSSR count). The highest BCUT2D eigenvalue weighted by molar-refractivity contribution is 6.44. The highest BCUT2D eigenvalue weighted by atomic mass is 35.5. The highest BCUT2D eigenvalue weighted by Crippen LogP contribution is 2.30. The fourth-order valence-corrected chi connectivity index (χ4v) is 2.24. The maximum atomic E-state index is 12.3. The van der Waals surface area contributed by atoms with E-state index in [-0.39, 0.29) is 5.91 Å². The van der Waals surface area contributed by atoms with Gasteiger partial charge in [0, 0.05) is 12.7 Å². The van der Waals surface area contributed by atoms with Crippen LogP contribution in [0.2, 0.25) is 10.0 Å². The second kappa shape index (κ2) is 5.23. The Morgan fingerprint density at radius 1 is 1.32 bits per heavy atom. The van der Waals surface area contributed by atoms with Crippen molar-refractivity contribution in [2.24, 2.45) is 7.05 Å². The number of aromatic nitrogens is 2. The number of anilines is 1. The van der Waals surface area contributed by atoms with Gasteiger partial charge in [-0.1, -0.05) is 29.3 Å². The summed E-state index contributed by atoms with van der Waals surface area (Å²) in [6, 6.07) is 5.10. The van der Waals surface area contributed by atoms with E-state index in [1.54, 1.807) is 36.9 Å². The van der Waals surface area contributed by atoms with Gasteiger partial charge in [0.25, 0.3) is 5.91 Å². The van der Waals surface area contributed by atoms with Crippen molar-refractivity contribution in [3.8, 4) is 0 Å². The number of amides is 1. The van der Waals surface area contributed by atoms with E-state index in [1.165, 1.54) is 0 Å². The molecule has 0 saturated carbocycles. The van der Waals surface area contributed by atoms with Gasteiger partial charge in [-0.15, -0.1) is 0 Å². The molecular weight excluding hydrogens is 285 g/mol. The van der Waals surface area contributed by atoms with Gasteiger partial charge >= 0.3 is 0 Å². The molecule has 0 saturated heterocycles. The quantitative estimate of drug-likeness (QED) is 0.921. The van der Waals surface area contributed by atoms with Crippen LogP contribution in [-0.2, 0) is 7.05 Å². The fourth-order valence-electron chi connectivity index (χ4n) is 1.89. The van der Waals surface area contributed by atoms with Gasteiger partial charge in [-0.2, -0.15) is 5.10 Å². The molecular formula is C13H13Cl2N3O. The summed E-state index contributed by atoms with van der Waals surface area (Å²) >= 11 is 12.0. The van der Waals surface area contributed by atoms with Crippen LogP contribution in [0.4, 0.5) is 5.69 Å². The lowest BCUT2D eigenvalue weighted by Gasteiger charge is -2.08. The van der Waals surface area contributed by atoms with E-state index in [0.717, 1.165) is 5.69 Å². The Balaban J connectivity index is 2.34. The van der Waals surface area contributed by atoms with Crippen LogP contribution in [-0.4, -0.2) is 15.7 Å². The molecule has 0 fully saturated rings. The van der Waals surface area contributed by atoms with Crippen molar-refractivity contribution in [1.29, 1.82) is 0 Å². The third kappa shape index (κ3) is 2.60. The van der Waals surface area contributed by atoms with Crippen LogP contribution in [0.5, 0.6) is 0 Å². The molecule has 1 aromatic heterocycles. The SMILES string of the molecule is Cc1nn(C)c(C)c1C(=O)Nc1cccc(Cl)c1Cl. The van der Waals surface area contributed by atoms with Gasteiger partial charge in [0.2, 0.25) is 0 Å². The third-order valence-electron chi connectivity index (χ3n) is 2.94. The van der Waals surface area contributed by atoms with Gasteiger partial charge in [-0.05, 0) is 26.0 Å². The van der Waals surface area contributed by atoms with E-state index in [4.69, 9.17) is 23.2 Å². The summed E-state index contributed by atoms with van der Waals surface area (Å²) in [4.78, 5) is 12.3. The molecule has 1 amide bonds. The van der Waals surface area contributed by atoms with Crippen molar-refractivity contribution in [3.63, 3.8) is 0 Å². The van der Waals surface area contributed by atoms with Crippen molar-refractivity contribution >= 4 is 34.8 Å². The first kappa shape index (κ1) is 13.9. The molecule has 0 bridgehead atoms. The van der Waals surface area contributed by atoms with Crippen molar-refractivity contribution in [2.75, 3.05) is 5.32 Å². The molecule has 0 aliphatic rings. The van der Waals surface area contributed by atoms with Crippen LogP contribution in [0.1, 0.15) is 21.7 Å². The predicted molar refractivity (Wildman–Crippen MR) is 77.1 cm³/mol. The summed E-state index contributed by atoms with van der Waals surface area (Å²) < 4.78 is 1.67. The summed E-state index contributed by atoms with van der Waals surface area (Å²) in [6.45, 7) is 3.63. The van der Waals surface area contributed by atoms with Gasteiger partial charge in [0.1, 0.15) is 0 Å². The zero-order valence-electron chi connectivity index (χ0n) is 10.8. The molecule has 0 aliphatic heterocycles. The first-order chi connectivity index (χ1) is 8.91. The summed E-state index contributed by atoms with van der Waals surface area (Å²) in [5, 5.41) is 7.70. The lowest BCUT2D eigenvalue weighted by atomic mass is 10.2. The predicted octanol–water partition coefficient (Wildman–Crippen LogP) is 3.60. The van der Waals surface area contributed by atoms with Gasteiger partial charge in [0.15, 0.2) is 0 Å². The number of nitrogens with one attached hydrogen (secondary N) is 1. The maximum absolute atomic E-state index is 12.3. The Morgan fingerprint density at radius 2 is 2.00 bits per heavy atom. The van der Waals surface area contributed by atoms with Crippen LogP contribution in [0.15, 0.2) is 18.2 Å². The first-order valence-electron chi connectivity index (χ1n) is 5.67. The van der Waals surface area contributed by atoms with Crippen LogP contribution in [0.25, 0.3) is 0 Å². The molecule has 4 nitrogen and oxygen atoms in total. The Kier molecular flexibility index (Phi) is 3.83. The van der Waals surface area contributed by atoms with Crippen molar-refractivity contribution < 1.29 is 4.79 Å². The number of nitrogens with zero attached hydrogens (tertiary/aromatic N) is 2. The Morgan fingerprint density at radius 3 is 2.58 bits per heavy atom. The topological polar surface area (TPSA) is 46.9 Å². The van der Waals surface area contributed by atoms with Gasteiger partial charge < -0.3 is 5.32 Å². The molecule has 1 N–H and O–H groups in total. The third-order valence-corrected chi connectivity index (χ3v) is 3.75. The molecule has 0 spiro atoms. The van der Waals surface area contributed by atoms with Gasteiger partial charge in [0.05, 0.1) is 27.0 Å². The van der Waals surface area contributed by atoms with Crippen LogP contribution in [0, 0.1) is 13.8 Å². The normalized spacial score (nSPS) is 10.6. The second-order valence-electron chi connectivity index (χ2n) is 4.22. The van der Waals surface area contributed by atoms with Gasteiger partial charge in [-0.3, -0.25) is 9.48 Å². The van der Waals surface area contributed by atoms with E-state index in [0.29, 0.717) is 27.0 Å². The number of rotatable bonds is 2. The minimum Gasteiger partial charge on any atom is -0.320 e. The molecule has 0 radical (unpaired) electrons. The average Bonchev–Trinajstić information content (AvgIpc) is 2.59. The van der Waals surface area contributed by atoms with Gasteiger partial charge in [-0.25, -0.2) is 0 Å². The van der Waals surface area contributed by atoms with E-state index in [9.17, 15) is 4.79 Å². The molecule has 6 heteroatoms. The van der Waals surface area contributed by atoms with Crippen molar-refractivity contribution in [3.05, 3.63) is 45.2 Å². The summed E-state index contributed by atoms with van der Waals surface area (Å²) in [5.74, 6) is -0.243. The van der Waals surface area contributed by atoms with Crippen LogP contribution >= 0.6 is 23.2 Å². The fraction of sp³-hybridized carbons (Fsp3) is 0.231. The summed E-state index contributed by atoms with van der Waals surface area (Å²) in [5.41, 5.74) is 2.52. The molecule has 0 atom stereocenters. The smallest absolute Gasteiger partial charge is 0.259 e. The highest BCUT2D eigenvalue weighted by Gasteiger charge is 2.18. The second-order valence-corrected chi connectivity index (χ2v) is 5.01. The Hall–Kier alpha value is -1.52. The number of benzene rings is 1. The minimum absolute atomic E-state index is 0.243. The number of carbonyl (C=O) groups excluding carboxylic acids is 1. The van der Waals surface area contributed by atoms with E-state index in [1.807, 2.05) is 6.92 Å². The summed E-state index contributed by atoms with van der Waals surface area (Å²) in [7, 11) is 1.80. The molecule has 0 aliphatic carbocycles. The standard InChI is InChI=1S/C13H13Cl2N3O/c1-7-11(8(2)18(3)17-7)13(19)16-10-6-4-5-9(14)12(10)15/h4-6H,1-3H3,(H,16,19). The average molecular weight is 298 g/mol. The van der Waals surface area contributed by atoms with Crippen molar-refractivity contribution in [2.45, 2.75) is 13.8 Å². The van der Waals surface area contributed by atoms with E-state index in [2.05, 4.69) is 10.4 Å². The van der Waals surface area contributed by atoms with E-state index < -0.39 is 0 Å². The number of hydrogen-bond donors (Lipinski definition) is 1. The summed E-state index contributed by atoms with van der Waals surface area (Å²) in [6.07, 6.45) is 0. The van der Waals surface area contributed by atoms with Crippen LogP contribution in [0.3, 0.4) is 0 Å². The van der Waals surface area contributed by atoms with Crippen LogP contribution < -0.4 is 5.32 Å². The molecule has 1 aromatic carbocycles. The zero-order chi connectivity index (χ0) is 14.2. The molecule has 1 heterocycles. The minimum atomic E-state index is -0.243. The molecule has 2 aromatic rings. The number of aryl methyl sites for hydroxylation is 2. The molecule has 0 unspecified atom stereocenters.